The van der Waals surface area contributed by atoms with Crippen LogP contribution in [0.15, 0.2) is 40.9 Å². The highest BCUT2D eigenvalue weighted by atomic mass is 79.9. The fourth-order valence-electron chi connectivity index (χ4n) is 1.98. The Morgan fingerprint density at radius 2 is 2.00 bits per heavy atom. The lowest BCUT2D eigenvalue weighted by atomic mass is 10.2. The average molecular weight is 366 g/mol. The van der Waals surface area contributed by atoms with E-state index in [9.17, 15) is 0 Å². The molecule has 0 saturated carbocycles. The topological polar surface area (TPSA) is 53.7 Å². The average Bonchev–Trinajstić information content (AvgIpc) is 2.92. The molecule has 2 N–H and O–H groups in total. The third-order valence-corrected chi connectivity index (χ3v) is 3.92. The smallest absolute Gasteiger partial charge is 0.231 e. The van der Waals surface area contributed by atoms with E-state index in [1.54, 1.807) is 0 Å². The van der Waals surface area contributed by atoms with Crippen LogP contribution in [-0.2, 0) is 6.61 Å². The Morgan fingerprint density at radius 3 is 2.76 bits per heavy atom. The highest BCUT2D eigenvalue weighted by Crippen LogP contribution is 2.33. The molecule has 21 heavy (non-hydrogen) atoms. The van der Waals surface area contributed by atoms with Crippen LogP contribution in [0.4, 0.5) is 0 Å². The zero-order chi connectivity index (χ0) is 14.8. The summed E-state index contributed by atoms with van der Waals surface area (Å²) in [5.41, 5.74) is 7.42. The summed E-state index contributed by atoms with van der Waals surface area (Å²) in [7, 11) is 0. The van der Waals surface area contributed by atoms with Crippen molar-refractivity contribution < 1.29 is 14.2 Å². The zero-order valence-corrected chi connectivity index (χ0v) is 13.4. The van der Waals surface area contributed by atoms with Crippen LogP contribution in [-0.4, -0.2) is 11.8 Å². The van der Waals surface area contributed by atoms with Gasteiger partial charge in [-0.15, -0.1) is 0 Å². The van der Waals surface area contributed by atoms with Gasteiger partial charge in [-0.2, -0.15) is 0 Å². The third kappa shape index (κ3) is 3.11. The summed E-state index contributed by atoms with van der Waals surface area (Å²) in [5, 5.41) is 0. The van der Waals surface area contributed by atoms with Crippen molar-refractivity contribution in [3.05, 3.63) is 52.0 Å². The van der Waals surface area contributed by atoms with E-state index in [1.807, 2.05) is 36.4 Å². The summed E-state index contributed by atoms with van der Waals surface area (Å²) < 4.78 is 17.2. The number of thiocarbonyl (C=S) groups is 1. The van der Waals surface area contributed by atoms with Gasteiger partial charge < -0.3 is 19.9 Å². The maximum absolute atomic E-state index is 5.76. The number of fused-ring (bicyclic) bond motifs is 1. The molecule has 0 amide bonds. The van der Waals surface area contributed by atoms with Crippen LogP contribution >= 0.6 is 28.1 Å². The van der Waals surface area contributed by atoms with E-state index in [-0.39, 0.29) is 6.79 Å². The normalized spacial score (nSPS) is 12.2. The first-order valence-corrected chi connectivity index (χ1v) is 7.44. The largest absolute Gasteiger partial charge is 0.489 e. The fourth-order valence-corrected chi connectivity index (χ4v) is 2.86. The minimum atomic E-state index is 0.271. The molecule has 6 heteroatoms. The number of benzene rings is 2. The molecule has 1 heterocycles. The predicted molar refractivity (Wildman–Crippen MR) is 86.9 cm³/mol. The molecule has 0 radical (unpaired) electrons. The van der Waals surface area contributed by atoms with Crippen molar-refractivity contribution in [3.63, 3.8) is 0 Å². The summed E-state index contributed by atoms with van der Waals surface area (Å²) in [6.07, 6.45) is 0. The van der Waals surface area contributed by atoms with E-state index in [0.29, 0.717) is 11.6 Å². The van der Waals surface area contributed by atoms with Crippen molar-refractivity contribution in [1.29, 1.82) is 0 Å². The summed E-state index contributed by atoms with van der Waals surface area (Å²) in [5.74, 6) is 2.25. The molecule has 4 nitrogen and oxygen atoms in total. The second-order valence-electron chi connectivity index (χ2n) is 4.48. The van der Waals surface area contributed by atoms with Crippen molar-refractivity contribution in [3.8, 4) is 17.2 Å². The second kappa shape index (κ2) is 5.91. The lowest BCUT2D eigenvalue weighted by Crippen LogP contribution is -2.10. The molecule has 0 unspecified atom stereocenters. The molecule has 0 fully saturated rings. The predicted octanol–water partition coefficient (Wildman–Crippen LogP) is 3.39. The van der Waals surface area contributed by atoms with Crippen LogP contribution in [0.1, 0.15) is 11.1 Å². The Hall–Kier alpha value is -1.79. The highest BCUT2D eigenvalue weighted by Gasteiger charge is 2.13. The Morgan fingerprint density at radius 1 is 1.19 bits per heavy atom. The van der Waals surface area contributed by atoms with Crippen molar-refractivity contribution in [2.24, 2.45) is 5.73 Å². The standard InChI is InChI=1S/C15H12BrNO3S/c16-12-6-10(2-3-11(12)15(17)21)18-7-9-1-4-13-14(5-9)20-8-19-13/h1-6H,7-8H2,(H2,17,21). The first-order valence-electron chi connectivity index (χ1n) is 6.24. The van der Waals surface area contributed by atoms with Gasteiger partial charge in [0.1, 0.15) is 17.3 Å². The van der Waals surface area contributed by atoms with Gasteiger partial charge in [0.2, 0.25) is 6.79 Å². The van der Waals surface area contributed by atoms with Crippen LogP contribution in [0, 0.1) is 0 Å². The maximum atomic E-state index is 5.76. The molecule has 0 aromatic heterocycles. The molecule has 1 aliphatic heterocycles. The summed E-state index contributed by atoms with van der Waals surface area (Å²) in [6.45, 7) is 0.711. The minimum Gasteiger partial charge on any atom is -0.489 e. The van der Waals surface area contributed by atoms with Gasteiger partial charge in [0, 0.05) is 10.0 Å². The van der Waals surface area contributed by atoms with Crippen LogP contribution in [0.2, 0.25) is 0 Å². The third-order valence-electron chi connectivity index (χ3n) is 3.05. The molecule has 0 saturated heterocycles. The lowest BCUT2D eigenvalue weighted by molar-refractivity contribution is 0.174. The molecule has 1 aliphatic rings. The van der Waals surface area contributed by atoms with E-state index in [2.05, 4.69) is 15.9 Å². The Bertz CT molecular complexity index is 705. The maximum Gasteiger partial charge on any atom is 0.231 e. The van der Waals surface area contributed by atoms with Gasteiger partial charge in [-0.05, 0) is 51.8 Å². The van der Waals surface area contributed by atoms with Crippen LogP contribution in [0.25, 0.3) is 0 Å². The van der Waals surface area contributed by atoms with Crippen LogP contribution in [0.5, 0.6) is 17.2 Å². The number of nitrogens with two attached hydrogens (primary N) is 1. The van der Waals surface area contributed by atoms with Gasteiger partial charge in [-0.3, -0.25) is 0 Å². The van der Waals surface area contributed by atoms with Crippen molar-refractivity contribution in [2.75, 3.05) is 6.79 Å². The van der Waals surface area contributed by atoms with Gasteiger partial charge in [0.15, 0.2) is 11.5 Å². The van der Waals surface area contributed by atoms with Crippen LogP contribution in [0.3, 0.4) is 0 Å². The number of rotatable bonds is 4. The SMILES string of the molecule is NC(=S)c1ccc(OCc2ccc3c(c2)OCO3)cc1Br. The molecule has 108 valence electrons. The molecular weight excluding hydrogens is 354 g/mol. The van der Waals surface area contributed by atoms with Gasteiger partial charge in [0.05, 0.1) is 0 Å². The monoisotopic (exact) mass is 365 g/mol. The van der Waals surface area contributed by atoms with Gasteiger partial charge in [-0.25, -0.2) is 0 Å². The van der Waals surface area contributed by atoms with Gasteiger partial charge in [0.25, 0.3) is 0 Å². The number of hydrogen-bond donors (Lipinski definition) is 1. The molecule has 0 aliphatic carbocycles. The fraction of sp³-hybridized carbons (Fsp3) is 0.133. The van der Waals surface area contributed by atoms with Crippen LogP contribution < -0.4 is 19.9 Å². The van der Waals surface area contributed by atoms with Gasteiger partial charge in [-0.1, -0.05) is 18.3 Å². The first kappa shape index (κ1) is 14.2. The molecule has 2 aromatic carbocycles. The lowest BCUT2D eigenvalue weighted by Gasteiger charge is -2.09. The van der Waals surface area contributed by atoms with Gasteiger partial charge >= 0.3 is 0 Å². The Kier molecular flexibility index (Phi) is 3.98. The summed E-state index contributed by atoms with van der Waals surface area (Å²) in [6, 6.07) is 11.3. The quantitative estimate of drug-likeness (QED) is 0.841. The van der Waals surface area contributed by atoms with E-state index in [0.717, 1.165) is 32.8 Å². The number of halogens is 1. The number of hydrogen-bond acceptors (Lipinski definition) is 4. The number of ether oxygens (including phenoxy) is 3. The Balaban J connectivity index is 1.70. The van der Waals surface area contributed by atoms with E-state index >= 15 is 0 Å². The van der Waals surface area contributed by atoms with E-state index < -0.39 is 0 Å². The molecule has 0 atom stereocenters. The first-order chi connectivity index (χ1) is 10.1. The van der Waals surface area contributed by atoms with Crippen molar-refractivity contribution >= 4 is 33.1 Å². The summed E-state index contributed by atoms with van der Waals surface area (Å²) in [4.78, 5) is 0.351. The summed E-state index contributed by atoms with van der Waals surface area (Å²) >= 11 is 8.39. The Labute approximate surface area is 135 Å². The van der Waals surface area contributed by atoms with E-state index in [1.165, 1.54) is 0 Å². The molecular formula is C15H12BrNO3S. The molecule has 3 rings (SSSR count). The highest BCUT2D eigenvalue weighted by molar-refractivity contribution is 9.10. The van der Waals surface area contributed by atoms with Crippen molar-refractivity contribution in [1.82, 2.24) is 0 Å². The molecule has 0 bridgehead atoms. The van der Waals surface area contributed by atoms with Crippen molar-refractivity contribution in [2.45, 2.75) is 6.61 Å². The molecule has 0 spiro atoms. The van der Waals surface area contributed by atoms with E-state index in [4.69, 9.17) is 32.2 Å². The second-order valence-corrected chi connectivity index (χ2v) is 5.78. The minimum absolute atomic E-state index is 0.271. The molecule has 2 aromatic rings. The zero-order valence-electron chi connectivity index (χ0n) is 11.0.